The Morgan fingerprint density at radius 3 is 2.25 bits per heavy atom. The van der Waals surface area contributed by atoms with E-state index in [1.807, 2.05) is 7.05 Å². The molecule has 0 heterocycles. The average Bonchev–Trinajstić information content (AvgIpc) is 2.14. The van der Waals surface area contributed by atoms with Crippen LogP contribution in [0.15, 0.2) is 12.7 Å². The normalized spacial score (nSPS) is 10.5. The fourth-order valence-corrected chi connectivity index (χ4v) is 1.38. The van der Waals surface area contributed by atoms with Crippen LogP contribution in [0.2, 0.25) is 0 Å². The predicted molar refractivity (Wildman–Crippen MR) is 64.6 cm³/mol. The maximum absolute atomic E-state index is 11.1. The summed E-state index contributed by atoms with van der Waals surface area (Å²) >= 11 is 0. The smallest absolute Gasteiger partial charge is 0.245 e. The van der Waals surface area contributed by atoms with Gasteiger partial charge in [0.2, 0.25) is 5.91 Å². The van der Waals surface area contributed by atoms with Gasteiger partial charge in [0.25, 0.3) is 0 Å². The molecule has 3 nitrogen and oxygen atoms in total. The van der Waals surface area contributed by atoms with E-state index in [1.165, 1.54) is 25.5 Å². The number of hydrogen-bond donors (Lipinski definition) is 0. The lowest BCUT2D eigenvalue weighted by molar-refractivity contribution is -0.870. The summed E-state index contributed by atoms with van der Waals surface area (Å²) in [6.07, 6.45) is 4.85. The van der Waals surface area contributed by atoms with Crippen LogP contribution in [0.3, 0.4) is 0 Å². The van der Waals surface area contributed by atoms with Gasteiger partial charge in [-0.1, -0.05) is 6.58 Å². The van der Waals surface area contributed by atoms with E-state index < -0.39 is 0 Å². The lowest BCUT2D eigenvalue weighted by Gasteiger charge is -2.23. The standard InChI is InChI=1S/C12H25N2O.BrH/c1-6-12(15)13(2)10-8-7-9-11-14(3,4)5;/h6H,1,7-11H2,2-5H3;1H/q+1;/p-1. The van der Waals surface area contributed by atoms with Gasteiger partial charge >= 0.3 is 0 Å². The number of amides is 1. The third kappa shape index (κ3) is 10.2. The zero-order chi connectivity index (χ0) is 11.9. The molecule has 0 saturated heterocycles. The van der Waals surface area contributed by atoms with Gasteiger partial charge in [0.1, 0.15) is 0 Å². The van der Waals surface area contributed by atoms with E-state index in [1.54, 1.807) is 4.90 Å². The number of unbranched alkanes of at least 4 members (excludes halogenated alkanes) is 2. The number of quaternary nitrogens is 1. The third-order valence-corrected chi connectivity index (χ3v) is 2.37. The minimum atomic E-state index is 0. The van der Waals surface area contributed by atoms with Gasteiger partial charge in [0.05, 0.1) is 27.7 Å². The number of likely N-dealkylation sites (N-methyl/N-ethyl adjacent to an activating group) is 1. The highest BCUT2D eigenvalue weighted by Crippen LogP contribution is 2.01. The highest BCUT2D eigenvalue weighted by Gasteiger charge is 2.06. The van der Waals surface area contributed by atoms with Gasteiger partial charge < -0.3 is 26.4 Å². The molecule has 1 amide bonds. The number of hydrogen-bond acceptors (Lipinski definition) is 1. The maximum Gasteiger partial charge on any atom is 0.245 e. The van der Waals surface area contributed by atoms with Crippen LogP contribution in [0.1, 0.15) is 19.3 Å². The lowest BCUT2D eigenvalue weighted by Crippen LogP contribution is -3.00. The van der Waals surface area contributed by atoms with Crippen LogP contribution in [0.5, 0.6) is 0 Å². The highest BCUT2D eigenvalue weighted by molar-refractivity contribution is 5.86. The molecule has 0 spiro atoms. The van der Waals surface area contributed by atoms with E-state index >= 15 is 0 Å². The third-order valence-electron chi connectivity index (χ3n) is 2.37. The highest BCUT2D eigenvalue weighted by atomic mass is 79.9. The van der Waals surface area contributed by atoms with Crippen molar-refractivity contribution in [3.05, 3.63) is 12.7 Å². The van der Waals surface area contributed by atoms with Crippen LogP contribution >= 0.6 is 0 Å². The van der Waals surface area contributed by atoms with Crippen LogP contribution in [-0.4, -0.2) is 56.6 Å². The first-order valence-corrected chi connectivity index (χ1v) is 5.55. The van der Waals surface area contributed by atoms with Crippen molar-refractivity contribution in [1.29, 1.82) is 0 Å². The second kappa shape index (κ2) is 8.76. The molecule has 16 heavy (non-hydrogen) atoms. The Morgan fingerprint density at radius 2 is 1.81 bits per heavy atom. The molecule has 4 heteroatoms. The van der Waals surface area contributed by atoms with Crippen LogP contribution in [0, 0.1) is 0 Å². The summed E-state index contributed by atoms with van der Waals surface area (Å²) in [6, 6.07) is 0. The van der Waals surface area contributed by atoms with Gasteiger partial charge in [-0.3, -0.25) is 4.79 Å². The Balaban J connectivity index is 0. The lowest BCUT2D eigenvalue weighted by atomic mass is 10.2. The Hall–Kier alpha value is -0.350. The molecule has 0 aromatic carbocycles. The number of rotatable bonds is 7. The Morgan fingerprint density at radius 1 is 1.25 bits per heavy atom. The van der Waals surface area contributed by atoms with Crippen molar-refractivity contribution in [2.75, 3.05) is 41.3 Å². The minimum Gasteiger partial charge on any atom is -1.00 e. The molecule has 0 fully saturated rings. The SMILES string of the molecule is C=CC(=O)N(C)CCCCC[N+](C)(C)C.[Br-]. The monoisotopic (exact) mass is 292 g/mol. The Kier molecular flexibility index (Phi) is 9.87. The second-order valence-corrected chi connectivity index (χ2v) is 5.04. The topological polar surface area (TPSA) is 20.3 Å². The molecule has 0 aromatic rings. The molecule has 0 rings (SSSR count). The van der Waals surface area contributed by atoms with Gasteiger partial charge in [0, 0.05) is 13.6 Å². The molecular weight excluding hydrogens is 268 g/mol. The van der Waals surface area contributed by atoms with Crippen LogP contribution in [0.25, 0.3) is 0 Å². The van der Waals surface area contributed by atoms with Gasteiger partial charge in [-0.25, -0.2) is 0 Å². The molecule has 0 aromatic heterocycles. The van der Waals surface area contributed by atoms with Crippen molar-refractivity contribution in [1.82, 2.24) is 4.90 Å². The van der Waals surface area contributed by atoms with Crippen molar-refractivity contribution in [2.45, 2.75) is 19.3 Å². The van der Waals surface area contributed by atoms with Gasteiger partial charge in [-0.05, 0) is 25.3 Å². The zero-order valence-corrected chi connectivity index (χ0v) is 12.6. The quantitative estimate of drug-likeness (QED) is 0.318. The zero-order valence-electron chi connectivity index (χ0n) is 11.0. The van der Waals surface area contributed by atoms with Crippen molar-refractivity contribution < 1.29 is 26.3 Å². The number of nitrogens with zero attached hydrogens (tertiary/aromatic N) is 2. The molecule has 0 aliphatic heterocycles. The first-order chi connectivity index (χ1) is 6.87. The van der Waals surface area contributed by atoms with Gasteiger partial charge in [-0.15, -0.1) is 0 Å². The Labute approximate surface area is 110 Å². The number of halogens is 1. The van der Waals surface area contributed by atoms with Gasteiger partial charge in [0.15, 0.2) is 0 Å². The van der Waals surface area contributed by atoms with E-state index in [9.17, 15) is 4.79 Å². The molecule has 0 bridgehead atoms. The summed E-state index contributed by atoms with van der Waals surface area (Å²) in [5, 5.41) is 0. The molecular formula is C12H25BrN2O. The van der Waals surface area contributed by atoms with E-state index in [0.717, 1.165) is 17.4 Å². The first kappa shape index (κ1) is 18.0. The van der Waals surface area contributed by atoms with Crippen LogP contribution in [-0.2, 0) is 4.79 Å². The average molecular weight is 293 g/mol. The summed E-state index contributed by atoms with van der Waals surface area (Å²) in [5.41, 5.74) is 0. The minimum absolute atomic E-state index is 0. The fourth-order valence-electron chi connectivity index (χ4n) is 1.38. The van der Waals surface area contributed by atoms with E-state index in [4.69, 9.17) is 0 Å². The summed E-state index contributed by atoms with van der Waals surface area (Å²) in [5.74, 6) is 0.0154. The number of carbonyl (C=O) groups excluding carboxylic acids is 1. The molecule has 0 radical (unpaired) electrons. The van der Waals surface area contributed by atoms with Gasteiger partial charge in [-0.2, -0.15) is 0 Å². The van der Waals surface area contributed by atoms with Crippen molar-refractivity contribution in [3.8, 4) is 0 Å². The fraction of sp³-hybridized carbons (Fsp3) is 0.750. The van der Waals surface area contributed by atoms with E-state index in [-0.39, 0.29) is 22.9 Å². The van der Waals surface area contributed by atoms with E-state index in [2.05, 4.69) is 27.7 Å². The summed E-state index contributed by atoms with van der Waals surface area (Å²) < 4.78 is 1.02. The van der Waals surface area contributed by atoms with Crippen molar-refractivity contribution in [2.24, 2.45) is 0 Å². The molecule has 0 aliphatic carbocycles. The molecule has 0 atom stereocenters. The molecule has 0 N–H and O–H groups in total. The van der Waals surface area contributed by atoms with Crippen molar-refractivity contribution >= 4 is 5.91 Å². The molecule has 0 unspecified atom stereocenters. The van der Waals surface area contributed by atoms with Crippen LogP contribution in [0.4, 0.5) is 0 Å². The Bertz CT molecular complexity index is 212. The number of carbonyl (C=O) groups is 1. The summed E-state index contributed by atoms with van der Waals surface area (Å²) in [4.78, 5) is 12.9. The predicted octanol–water partition coefficient (Wildman–Crippen LogP) is -1.49. The van der Waals surface area contributed by atoms with Crippen LogP contribution < -0.4 is 17.0 Å². The molecule has 0 saturated carbocycles. The largest absolute Gasteiger partial charge is 1.00 e. The molecule has 0 aliphatic rings. The summed E-state index contributed by atoms with van der Waals surface area (Å²) in [7, 11) is 8.43. The first-order valence-electron chi connectivity index (χ1n) is 5.55. The maximum atomic E-state index is 11.1. The summed E-state index contributed by atoms with van der Waals surface area (Å²) in [6.45, 7) is 5.49. The molecule has 96 valence electrons. The second-order valence-electron chi connectivity index (χ2n) is 5.04. The van der Waals surface area contributed by atoms with E-state index in [0.29, 0.717) is 0 Å². The van der Waals surface area contributed by atoms with Crippen molar-refractivity contribution in [3.63, 3.8) is 0 Å².